The number of rotatable bonds is 20. The molecule has 77 heavy (non-hydrogen) atoms. The lowest BCUT2D eigenvalue weighted by Crippen LogP contribution is -2.59. The summed E-state index contributed by atoms with van der Waals surface area (Å²) in [5.41, 5.74) is 5.98. The van der Waals surface area contributed by atoms with Gasteiger partial charge in [-0.2, -0.15) is 0 Å². The number of hydrogen-bond donors (Lipinski definition) is 16. The Bertz CT molecular complexity index is 2290. The average Bonchev–Trinajstić information content (AvgIpc) is 3.36. The number of carbonyl (C=O) groups is 12. The number of thiol groups is 1. The number of carbonyl (C=O) groups excluding carboxylic acids is 11. The summed E-state index contributed by atoms with van der Waals surface area (Å²) in [5.74, 6) is -9.25. The lowest BCUT2D eigenvalue weighted by molar-refractivity contribution is -0.141. The van der Waals surface area contributed by atoms with Gasteiger partial charge in [0.1, 0.15) is 48.3 Å². The summed E-state index contributed by atoms with van der Waals surface area (Å²) >= 11 is 5.08. The van der Waals surface area contributed by atoms with E-state index in [-0.39, 0.29) is 87.8 Å². The van der Waals surface area contributed by atoms with Gasteiger partial charge in [-0.25, -0.2) is 0 Å². The van der Waals surface area contributed by atoms with Crippen LogP contribution in [0.3, 0.4) is 0 Å². The Morgan fingerprint density at radius 2 is 1.39 bits per heavy atom. The third-order valence-electron chi connectivity index (χ3n) is 11.0. The molecule has 0 radical (unpaired) electrons. The molecule has 0 spiro atoms. The molecule has 2 rings (SSSR count). The lowest BCUT2D eigenvalue weighted by atomic mass is 10.0. The van der Waals surface area contributed by atoms with Gasteiger partial charge in [0.15, 0.2) is 5.96 Å². The van der Waals surface area contributed by atoms with E-state index in [1.807, 2.05) is 0 Å². The van der Waals surface area contributed by atoms with E-state index in [0.717, 1.165) is 22.6 Å². The maximum atomic E-state index is 14.1. The Morgan fingerprint density at radius 1 is 0.792 bits per heavy atom. The molecule has 0 aliphatic carbocycles. The molecule has 1 aromatic carbocycles. The van der Waals surface area contributed by atoms with Crippen LogP contribution in [0.25, 0.3) is 0 Å². The van der Waals surface area contributed by atoms with Crippen molar-refractivity contribution in [1.29, 1.82) is 5.41 Å². The highest BCUT2D eigenvalue weighted by molar-refractivity contribution is 8.68. The fourth-order valence-electron chi connectivity index (χ4n) is 7.16. The third kappa shape index (κ3) is 26.4. The molecule has 30 heteroatoms. The molecule has 424 valence electrons. The number of nitrogens with one attached hydrogen (secondary N) is 13. The summed E-state index contributed by atoms with van der Waals surface area (Å²) in [6.45, 7) is 3.56. The second-order valence-corrected chi connectivity index (χ2v) is 19.8. The van der Waals surface area contributed by atoms with Gasteiger partial charge in [0.25, 0.3) is 0 Å². The number of hydrogen-bond acceptors (Lipinski definition) is 16. The van der Waals surface area contributed by atoms with E-state index in [1.54, 1.807) is 37.3 Å². The van der Waals surface area contributed by atoms with E-state index in [2.05, 4.69) is 81.4 Å². The second kappa shape index (κ2) is 35.9. The first-order chi connectivity index (χ1) is 36.6. The van der Waals surface area contributed by atoms with Crippen molar-refractivity contribution in [2.24, 2.45) is 5.73 Å². The molecular weight excluding hydrogens is 1060 g/mol. The molecule has 1 saturated heterocycles. The van der Waals surface area contributed by atoms with Gasteiger partial charge in [0, 0.05) is 50.9 Å². The summed E-state index contributed by atoms with van der Waals surface area (Å²) < 4.78 is 0. The summed E-state index contributed by atoms with van der Waals surface area (Å²) in [4.78, 5) is 159. The van der Waals surface area contributed by atoms with Gasteiger partial charge in [-0.1, -0.05) is 41.1 Å². The minimum atomic E-state index is -1.79. The molecule has 0 bridgehead atoms. The van der Waals surface area contributed by atoms with E-state index < -0.39 is 132 Å². The van der Waals surface area contributed by atoms with Crippen molar-refractivity contribution >= 4 is 111 Å². The largest absolute Gasteiger partial charge is 0.481 e. The van der Waals surface area contributed by atoms with E-state index in [4.69, 9.17) is 17.6 Å². The fraction of sp³-hybridized carbons (Fsp3) is 0.553. The highest BCUT2D eigenvalue weighted by Crippen LogP contribution is 2.12. The van der Waals surface area contributed by atoms with Crippen LogP contribution >= 0.6 is 34.2 Å². The van der Waals surface area contributed by atoms with Crippen molar-refractivity contribution in [2.75, 3.05) is 43.4 Å². The van der Waals surface area contributed by atoms with Crippen LogP contribution in [0.2, 0.25) is 0 Å². The van der Waals surface area contributed by atoms with E-state index in [9.17, 15) is 62.6 Å². The molecule has 11 amide bonds. The number of thioether (sulfide) groups is 1. The molecule has 1 unspecified atom stereocenters. The van der Waals surface area contributed by atoms with Crippen LogP contribution in [0.5, 0.6) is 0 Å². The normalized spacial score (nSPS) is 22.1. The predicted octanol–water partition coefficient (Wildman–Crippen LogP) is -4.23. The van der Waals surface area contributed by atoms with Crippen molar-refractivity contribution in [3.05, 3.63) is 35.9 Å². The molecule has 27 nitrogen and oxygen atoms in total. The molecular formula is C47H70N14O13S3. The number of amides is 11. The topological polar surface area (TPSA) is 419 Å². The fourth-order valence-corrected chi connectivity index (χ4v) is 8.85. The predicted molar refractivity (Wildman–Crippen MR) is 289 cm³/mol. The number of carboxylic acids is 1. The minimum absolute atomic E-state index is 0.0463. The SMILES string of the molecule is C#CCC(NC(C)=O)C(=O)NCCCC[C@@H]1NC(=O)CSC[C@@H](C(=O)NCC)NC(=O)[C@H](Cc2ccccc2)NC(=O)[C@H](C)NC(=O)[C@H](CC(=O)O)NC(=O)CNC(=O)[C@H](CCCNC(=N)N)NC(=O)[C@H](CSS)NC1=O. The van der Waals surface area contributed by atoms with E-state index in [0.29, 0.717) is 5.56 Å². The van der Waals surface area contributed by atoms with Crippen molar-refractivity contribution in [3.8, 4) is 12.3 Å². The molecule has 1 aliphatic rings. The first-order valence-corrected chi connectivity index (χ1v) is 27.6. The van der Waals surface area contributed by atoms with E-state index >= 15 is 0 Å². The van der Waals surface area contributed by atoms with Crippen LogP contribution in [0.4, 0.5) is 0 Å². The highest BCUT2D eigenvalue weighted by atomic mass is 33.1. The Kier molecular flexibility index (Phi) is 30.7. The van der Waals surface area contributed by atoms with Gasteiger partial charge in [0.05, 0.1) is 18.7 Å². The Labute approximate surface area is 459 Å². The number of carboxylic acid groups (broad SMARTS) is 1. The number of terminal acetylenes is 1. The lowest BCUT2D eigenvalue weighted by Gasteiger charge is -2.25. The van der Waals surface area contributed by atoms with Crippen LogP contribution in [0, 0.1) is 17.8 Å². The quantitative estimate of drug-likeness (QED) is 0.0147. The monoisotopic (exact) mass is 1130 g/mol. The van der Waals surface area contributed by atoms with E-state index in [1.165, 1.54) is 13.8 Å². The molecule has 0 saturated carbocycles. The van der Waals surface area contributed by atoms with Crippen LogP contribution in [0.15, 0.2) is 30.3 Å². The average molecular weight is 1140 g/mol. The summed E-state index contributed by atoms with van der Waals surface area (Å²) in [6, 6.07) is -2.53. The zero-order chi connectivity index (χ0) is 57.5. The second-order valence-electron chi connectivity index (χ2n) is 17.4. The van der Waals surface area contributed by atoms with Crippen LogP contribution in [-0.4, -0.2) is 174 Å². The summed E-state index contributed by atoms with van der Waals surface area (Å²) in [5, 5.41) is 47.2. The molecule has 1 heterocycles. The van der Waals surface area contributed by atoms with Crippen molar-refractivity contribution in [1.82, 2.24) is 63.8 Å². The van der Waals surface area contributed by atoms with Crippen LogP contribution in [0.1, 0.15) is 71.3 Å². The molecule has 1 aliphatic heterocycles. The zero-order valence-corrected chi connectivity index (χ0v) is 45.4. The van der Waals surface area contributed by atoms with Crippen molar-refractivity contribution < 1.29 is 62.6 Å². The number of guanidine groups is 1. The third-order valence-corrected chi connectivity index (χ3v) is 13.0. The molecule has 1 aromatic rings. The number of aliphatic carboxylic acids is 1. The summed E-state index contributed by atoms with van der Waals surface area (Å²) in [7, 11) is 0.850. The van der Waals surface area contributed by atoms with Gasteiger partial charge in [-0.05, 0) is 51.5 Å². The Hall–Kier alpha value is -7.26. The van der Waals surface area contributed by atoms with Gasteiger partial charge >= 0.3 is 5.97 Å². The summed E-state index contributed by atoms with van der Waals surface area (Å²) in [6.07, 6.45) is 4.65. The zero-order valence-electron chi connectivity index (χ0n) is 42.9. The number of likely N-dealkylation sites (N-methyl/N-ethyl adjacent to an activating group) is 1. The molecule has 8 atom stereocenters. The highest BCUT2D eigenvalue weighted by Gasteiger charge is 2.33. The Balaban J connectivity index is 2.60. The molecule has 1 fully saturated rings. The van der Waals surface area contributed by atoms with Crippen LogP contribution < -0.4 is 69.5 Å². The first kappa shape index (κ1) is 65.9. The van der Waals surface area contributed by atoms with Gasteiger partial charge in [0.2, 0.25) is 65.0 Å². The van der Waals surface area contributed by atoms with Gasteiger partial charge in [-0.3, -0.25) is 62.9 Å². The van der Waals surface area contributed by atoms with Crippen molar-refractivity contribution in [2.45, 2.75) is 120 Å². The van der Waals surface area contributed by atoms with Crippen molar-refractivity contribution in [3.63, 3.8) is 0 Å². The Morgan fingerprint density at radius 3 is 2.03 bits per heavy atom. The maximum Gasteiger partial charge on any atom is 0.305 e. The maximum absolute atomic E-state index is 14.1. The molecule has 0 aromatic heterocycles. The number of nitrogens with two attached hydrogens (primary N) is 1. The smallest absolute Gasteiger partial charge is 0.305 e. The molecule has 16 N–H and O–H groups in total. The van der Waals surface area contributed by atoms with Gasteiger partial charge < -0.3 is 74.6 Å². The first-order valence-electron chi connectivity index (χ1n) is 24.4. The van der Waals surface area contributed by atoms with Crippen LogP contribution in [-0.2, 0) is 64.0 Å². The number of benzene rings is 1. The number of unbranched alkanes of at least 4 members (excludes halogenated alkanes) is 1. The minimum Gasteiger partial charge on any atom is -0.481 e. The standard InChI is InChI=1S/C47H70N14O13S3/c1-5-13-29(55-27(4)62)40(68)51-18-11-10-16-31-43(71)61-35(24-77-75)46(74)58-30(17-12-19-52-47(48)49)41(69)53-22-36(63)57-33(21-38(65)66)44(72)54-26(3)39(67)59-32(20-28-14-8-7-9-15-28)45(73)60-34(42(70)50-6-2)23-76-25-37(64)56-31/h1,7-9,14-15,26,29-35,75H,6,10-13,16-25H2,2-4H3,(H,50,70)(H,51,68)(H,53,69)(H,54,72)(H,55,62)(H,56,64)(H,57,63)(H,58,74)(H,59,67)(H,60,73)(H,61,71)(H,65,66)(H4,48,49,52)/t26-,29?,30-,31-,32-,33-,34-,35-/m0/s1. The van der Waals surface area contributed by atoms with Gasteiger partial charge in [-0.15, -0.1) is 35.8 Å².